The molecule has 106 valence electrons. The molecule has 20 heavy (non-hydrogen) atoms. The molecular weight excluding hydrogens is 246 g/mol. The van der Waals surface area contributed by atoms with E-state index in [1.807, 2.05) is 24.4 Å². The average Bonchev–Trinajstić information content (AvgIpc) is 2.49. The van der Waals surface area contributed by atoms with Gasteiger partial charge in [-0.25, -0.2) is 4.98 Å². The van der Waals surface area contributed by atoms with E-state index in [9.17, 15) is 0 Å². The lowest BCUT2D eigenvalue weighted by molar-refractivity contribution is 0.242. The summed E-state index contributed by atoms with van der Waals surface area (Å²) in [6.45, 7) is 4.20. The van der Waals surface area contributed by atoms with Crippen molar-refractivity contribution >= 4 is 5.82 Å². The van der Waals surface area contributed by atoms with Crippen LogP contribution in [0.5, 0.6) is 0 Å². The summed E-state index contributed by atoms with van der Waals surface area (Å²) in [6, 6.07) is 17.1. The van der Waals surface area contributed by atoms with Gasteiger partial charge in [-0.1, -0.05) is 36.4 Å². The second kappa shape index (κ2) is 7.65. The number of hydrogen-bond donors (Lipinski definition) is 1. The third-order valence-electron chi connectivity index (χ3n) is 3.56. The Morgan fingerprint density at radius 1 is 1.10 bits per heavy atom. The summed E-state index contributed by atoms with van der Waals surface area (Å²) in [5, 5.41) is 3.36. The minimum Gasteiger partial charge on any atom is -0.370 e. The van der Waals surface area contributed by atoms with Crippen LogP contribution in [-0.4, -0.2) is 29.5 Å². The molecule has 1 unspecified atom stereocenters. The first kappa shape index (κ1) is 14.5. The highest BCUT2D eigenvalue weighted by molar-refractivity contribution is 5.32. The van der Waals surface area contributed by atoms with Gasteiger partial charge >= 0.3 is 0 Å². The molecule has 1 atom stereocenters. The van der Waals surface area contributed by atoms with Crippen LogP contribution >= 0.6 is 0 Å². The fraction of sp³-hybridized carbons (Fsp3) is 0.353. The lowest BCUT2D eigenvalue weighted by Gasteiger charge is -2.25. The Morgan fingerprint density at radius 3 is 2.55 bits per heavy atom. The molecule has 0 spiro atoms. The molecule has 0 aliphatic carbocycles. The van der Waals surface area contributed by atoms with E-state index in [4.69, 9.17) is 0 Å². The van der Waals surface area contributed by atoms with Crippen LogP contribution in [0.3, 0.4) is 0 Å². The maximum Gasteiger partial charge on any atom is 0.125 e. The van der Waals surface area contributed by atoms with Gasteiger partial charge in [-0.05, 0) is 38.1 Å². The highest BCUT2D eigenvalue weighted by Crippen LogP contribution is 2.09. The molecule has 3 nitrogen and oxygen atoms in total. The molecule has 2 aromatic rings. The van der Waals surface area contributed by atoms with Gasteiger partial charge in [0.2, 0.25) is 0 Å². The van der Waals surface area contributed by atoms with E-state index in [1.54, 1.807) is 0 Å². The van der Waals surface area contributed by atoms with E-state index in [2.05, 4.69) is 59.5 Å². The van der Waals surface area contributed by atoms with Crippen LogP contribution in [0.15, 0.2) is 54.7 Å². The summed E-state index contributed by atoms with van der Waals surface area (Å²) in [4.78, 5) is 6.65. The number of hydrogen-bond acceptors (Lipinski definition) is 3. The van der Waals surface area contributed by atoms with Gasteiger partial charge in [-0.3, -0.25) is 4.90 Å². The molecule has 2 rings (SSSR count). The van der Waals surface area contributed by atoms with E-state index >= 15 is 0 Å². The Kier molecular flexibility index (Phi) is 5.56. The first-order valence-corrected chi connectivity index (χ1v) is 7.15. The van der Waals surface area contributed by atoms with Gasteiger partial charge in [0, 0.05) is 25.3 Å². The SMILES string of the molecule is CC(CCNc1ccccn1)N(C)Cc1ccccc1. The molecule has 0 radical (unpaired) electrons. The van der Waals surface area contributed by atoms with E-state index in [0.29, 0.717) is 6.04 Å². The minimum atomic E-state index is 0.534. The van der Waals surface area contributed by atoms with Crippen molar-refractivity contribution in [2.75, 3.05) is 18.9 Å². The average molecular weight is 269 g/mol. The van der Waals surface area contributed by atoms with Gasteiger partial charge in [0.05, 0.1) is 0 Å². The number of nitrogens with one attached hydrogen (secondary N) is 1. The number of nitrogens with zero attached hydrogens (tertiary/aromatic N) is 2. The Labute approximate surface area is 121 Å². The quantitative estimate of drug-likeness (QED) is 0.835. The molecule has 0 saturated heterocycles. The van der Waals surface area contributed by atoms with Crippen LogP contribution in [0.1, 0.15) is 18.9 Å². The molecule has 0 aliphatic rings. The standard InChI is InChI=1S/C17H23N3/c1-15(11-13-19-17-10-6-7-12-18-17)20(2)14-16-8-4-3-5-9-16/h3-10,12,15H,11,13-14H2,1-2H3,(H,18,19). The summed E-state index contributed by atoms with van der Waals surface area (Å²) >= 11 is 0. The monoisotopic (exact) mass is 269 g/mol. The van der Waals surface area contributed by atoms with Crippen LogP contribution in [-0.2, 0) is 6.54 Å². The number of pyridine rings is 1. The van der Waals surface area contributed by atoms with Gasteiger partial charge in [0.15, 0.2) is 0 Å². The Hall–Kier alpha value is -1.87. The topological polar surface area (TPSA) is 28.2 Å². The van der Waals surface area contributed by atoms with Crippen molar-refractivity contribution in [2.45, 2.75) is 25.9 Å². The highest BCUT2D eigenvalue weighted by Gasteiger charge is 2.09. The smallest absolute Gasteiger partial charge is 0.125 e. The van der Waals surface area contributed by atoms with Crippen molar-refractivity contribution in [1.82, 2.24) is 9.88 Å². The molecule has 1 heterocycles. The predicted molar refractivity (Wildman–Crippen MR) is 84.7 cm³/mol. The Bertz CT molecular complexity index is 484. The molecule has 1 N–H and O–H groups in total. The number of benzene rings is 1. The van der Waals surface area contributed by atoms with E-state index < -0.39 is 0 Å². The molecule has 0 fully saturated rings. The van der Waals surface area contributed by atoms with Crippen molar-refractivity contribution < 1.29 is 0 Å². The summed E-state index contributed by atoms with van der Waals surface area (Å²) < 4.78 is 0. The normalized spacial score (nSPS) is 12.3. The first-order valence-electron chi connectivity index (χ1n) is 7.15. The van der Waals surface area contributed by atoms with Crippen LogP contribution in [0.4, 0.5) is 5.82 Å². The van der Waals surface area contributed by atoms with Crippen LogP contribution < -0.4 is 5.32 Å². The van der Waals surface area contributed by atoms with Gasteiger partial charge in [0.25, 0.3) is 0 Å². The third kappa shape index (κ3) is 4.67. The van der Waals surface area contributed by atoms with E-state index in [-0.39, 0.29) is 0 Å². The summed E-state index contributed by atoms with van der Waals surface area (Å²) in [6.07, 6.45) is 2.91. The molecule has 0 aliphatic heterocycles. The molecule has 1 aromatic heterocycles. The summed E-state index contributed by atoms with van der Waals surface area (Å²) in [5.41, 5.74) is 1.36. The highest BCUT2D eigenvalue weighted by atomic mass is 15.1. The maximum absolute atomic E-state index is 4.26. The fourth-order valence-electron chi connectivity index (χ4n) is 2.12. The molecule has 0 bridgehead atoms. The van der Waals surface area contributed by atoms with Gasteiger partial charge in [0.1, 0.15) is 5.82 Å². The zero-order valence-electron chi connectivity index (χ0n) is 12.3. The second-order valence-corrected chi connectivity index (χ2v) is 5.18. The molecule has 0 amide bonds. The van der Waals surface area contributed by atoms with Crippen molar-refractivity contribution in [3.63, 3.8) is 0 Å². The predicted octanol–water partition coefficient (Wildman–Crippen LogP) is 3.40. The number of anilines is 1. The lowest BCUT2D eigenvalue weighted by atomic mass is 10.1. The Morgan fingerprint density at radius 2 is 1.85 bits per heavy atom. The summed E-state index contributed by atoms with van der Waals surface area (Å²) in [7, 11) is 2.18. The van der Waals surface area contributed by atoms with Gasteiger partial charge < -0.3 is 5.32 Å². The fourth-order valence-corrected chi connectivity index (χ4v) is 2.12. The van der Waals surface area contributed by atoms with Crippen LogP contribution in [0.25, 0.3) is 0 Å². The van der Waals surface area contributed by atoms with Crippen molar-refractivity contribution in [3.8, 4) is 0 Å². The van der Waals surface area contributed by atoms with Gasteiger partial charge in [-0.2, -0.15) is 0 Å². The molecule has 0 saturated carbocycles. The Balaban J connectivity index is 1.73. The first-order chi connectivity index (χ1) is 9.75. The minimum absolute atomic E-state index is 0.534. The molecule has 1 aromatic carbocycles. The number of aromatic nitrogens is 1. The maximum atomic E-state index is 4.26. The second-order valence-electron chi connectivity index (χ2n) is 5.18. The zero-order chi connectivity index (χ0) is 14.2. The third-order valence-corrected chi connectivity index (χ3v) is 3.56. The van der Waals surface area contributed by atoms with Crippen LogP contribution in [0, 0.1) is 0 Å². The molecule has 3 heteroatoms. The zero-order valence-corrected chi connectivity index (χ0v) is 12.3. The van der Waals surface area contributed by atoms with Crippen molar-refractivity contribution in [3.05, 3.63) is 60.3 Å². The van der Waals surface area contributed by atoms with Gasteiger partial charge in [-0.15, -0.1) is 0 Å². The van der Waals surface area contributed by atoms with Crippen LogP contribution in [0.2, 0.25) is 0 Å². The molecular formula is C17H23N3. The largest absolute Gasteiger partial charge is 0.370 e. The van der Waals surface area contributed by atoms with E-state index in [1.165, 1.54) is 5.56 Å². The van der Waals surface area contributed by atoms with Crippen molar-refractivity contribution in [1.29, 1.82) is 0 Å². The summed E-state index contributed by atoms with van der Waals surface area (Å²) in [5.74, 6) is 0.949. The number of rotatable bonds is 7. The van der Waals surface area contributed by atoms with Crippen molar-refractivity contribution in [2.24, 2.45) is 0 Å². The van der Waals surface area contributed by atoms with E-state index in [0.717, 1.165) is 25.3 Å². The lowest BCUT2D eigenvalue weighted by Crippen LogP contribution is -2.30.